The number of aliphatic hydroxyl groups is 1. The van der Waals surface area contributed by atoms with Gasteiger partial charge in [0, 0.05) is 18.4 Å². The summed E-state index contributed by atoms with van der Waals surface area (Å²) >= 11 is 0. The van der Waals surface area contributed by atoms with Crippen molar-refractivity contribution in [1.82, 2.24) is 5.32 Å². The molecule has 0 bridgehead atoms. The number of sulfone groups is 1. The number of hydrogen-bond donors (Lipinski definition) is 2. The van der Waals surface area contributed by atoms with E-state index in [2.05, 4.69) is 5.32 Å². The Morgan fingerprint density at radius 3 is 2.53 bits per heavy atom. The van der Waals surface area contributed by atoms with E-state index in [0.29, 0.717) is 19.4 Å². The first-order valence-electron chi connectivity index (χ1n) is 7.03. The van der Waals surface area contributed by atoms with Gasteiger partial charge in [-0.2, -0.15) is 0 Å². The lowest BCUT2D eigenvalue weighted by Crippen LogP contribution is -2.38. The number of rotatable bonds is 5. The van der Waals surface area contributed by atoms with Gasteiger partial charge in [-0.25, -0.2) is 8.42 Å². The average Bonchev–Trinajstić information content (AvgIpc) is 2.94. The lowest BCUT2D eigenvalue weighted by atomic mass is 9.87. The predicted octanol–water partition coefficient (Wildman–Crippen LogP) is 0.480. The van der Waals surface area contributed by atoms with Crippen molar-refractivity contribution in [2.45, 2.75) is 38.5 Å². The van der Waals surface area contributed by atoms with E-state index in [0.717, 1.165) is 25.7 Å². The maximum atomic E-state index is 11.8. The molecule has 1 atom stereocenters. The molecule has 6 heteroatoms. The number of hydrogen-bond acceptors (Lipinski definition) is 4. The van der Waals surface area contributed by atoms with Gasteiger partial charge < -0.3 is 10.4 Å². The smallest absolute Gasteiger partial charge is 0.220 e. The summed E-state index contributed by atoms with van der Waals surface area (Å²) in [5.74, 6) is 0.248. The molecule has 0 spiro atoms. The van der Waals surface area contributed by atoms with E-state index >= 15 is 0 Å². The van der Waals surface area contributed by atoms with Crippen molar-refractivity contribution in [2.24, 2.45) is 11.3 Å². The van der Waals surface area contributed by atoms with Crippen molar-refractivity contribution in [3.05, 3.63) is 0 Å². The number of nitrogens with one attached hydrogen (secondary N) is 1. The Kier molecular flexibility index (Phi) is 4.50. The summed E-state index contributed by atoms with van der Waals surface area (Å²) in [5, 5.41) is 12.3. The molecule has 0 aromatic rings. The SMILES string of the molecule is O=C(CC1CCS(=O)(=O)C1)NCC1(CO)CCCC1. The van der Waals surface area contributed by atoms with Crippen LogP contribution in [0.5, 0.6) is 0 Å². The molecule has 2 aliphatic rings. The van der Waals surface area contributed by atoms with Crippen LogP contribution < -0.4 is 5.32 Å². The largest absolute Gasteiger partial charge is 0.396 e. The Labute approximate surface area is 114 Å². The molecule has 1 heterocycles. The summed E-state index contributed by atoms with van der Waals surface area (Å²) in [6.45, 7) is 0.632. The van der Waals surface area contributed by atoms with Gasteiger partial charge in [0.2, 0.25) is 5.91 Å². The fourth-order valence-electron chi connectivity index (χ4n) is 3.17. The number of carbonyl (C=O) groups excluding carboxylic acids is 1. The van der Waals surface area contributed by atoms with Crippen molar-refractivity contribution in [1.29, 1.82) is 0 Å². The Hall–Kier alpha value is -0.620. The molecule has 0 radical (unpaired) electrons. The van der Waals surface area contributed by atoms with E-state index in [9.17, 15) is 18.3 Å². The minimum atomic E-state index is -2.91. The number of amides is 1. The zero-order valence-electron chi connectivity index (χ0n) is 11.2. The topological polar surface area (TPSA) is 83.5 Å². The molecule has 19 heavy (non-hydrogen) atoms. The molecule has 1 unspecified atom stereocenters. The molecule has 110 valence electrons. The second-order valence-electron chi connectivity index (χ2n) is 6.12. The van der Waals surface area contributed by atoms with Crippen molar-refractivity contribution in [3.63, 3.8) is 0 Å². The third kappa shape index (κ3) is 3.92. The van der Waals surface area contributed by atoms with Crippen molar-refractivity contribution >= 4 is 15.7 Å². The summed E-state index contributed by atoms with van der Waals surface area (Å²) in [6, 6.07) is 0. The summed E-state index contributed by atoms with van der Waals surface area (Å²) in [4.78, 5) is 11.8. The van der Waals surface area contributed by atoms with Crippen LogP contribution in [0, 0.1) is 11.3 Å². The molecule has 0 aromatic heterocycles. The maximum absolute atomic E-state index is 11.8. The number of aliphatic hydroxyl groups excluding tert-OH is 1. The van der Waals surface area contributed by atoms with Crippen LogP contribution in [0.1, 0.15) is 38.5 Å². The quantitative estimate of drug-likeness (QED) is 0.771. The van der Waals surface area contributed by atoms with Crippen molar-refractivity contribution in [3.8, 4) is 0 Å². The zero-order valence-corrected chi connectivity index (χ0v) is 12.0. The average molecular weight is 289 g/mol. The molecular formula is C13H23NO4S. The first-order chi connectivity index (χ1) is 8.95. The van der Waals surface area contributed by atoms with Crippen molar-refractivity contribution in [2.75, 3.05) is 24.7 Å². The molecule has 1 saturated heterocycles. The highest BCUT2D eigenvalue weighted by Gasteiger charge is 2.34. The van der Waals surface area contributed by atoms with Crippen LogP contribution in [-0.4, -0.2) is 44.1 Å². The number of carbonyl (C=O) groups is 1. The van der Waals surface area contributed by atoms with Gasteiger partial charge in [0.15, 0.2) is 9.84 Å². The van der Waals surface area contributed by atoms with Gasteiger partial charge in [0.1, 0.15) is 0 Å². The zero-order chi connectivity index (χ0) is 13.9. The molecule has 1 aliphatic carbocycles. The molecule has 0 aromatic carbocycles. The molecule has 2 fully saturated rings. The molecule has 1 aliphatic heterocycles. The van der Waals surface area contributed by atoms with Crippen LogP contribution in [0.25, 0.3) is 0 Å². The minimum Gasteiger partial charge on any atom is -0.396 e. The highest BCUT2D eigenvalue weighted by atomic mass is 32.2. The summed E-state index contributed by atoms with van der Waals surface area (Å²) in [5.41, 5.74) is -0.141. The monoisotopic (exact) mass is 289 g/mol. The van der Waals surface area contributed by atoms with Gasteiger partial charge in [-0.3, -0.25) is 4.79 Å². The molecule has 2 N–H and O–H groups in total. The first kappa shape index (κ1) is 14.8. The van der Waals surface area contributed by atoms with Crippen LogP contribution in [0.15, 0.2) is 0 Å². The fourth-order valence-corrected chi connectivity index (χ4v) is 5.03. The molecule has 1 saturated carbocycles. The Balaban J connectivity index is 1.76. The van der Waals surface area contributed by atoms with E-state index in [1.165, 1.54) is 0 Å². The maximum Gasteiger partial charge on any atom is 0.220 e. The van der Waals surface area contributed by atoms with Gasteiger partial charge in [0.05, 0.1) is 18.1 Å². The lowest BCUT2D eigenvalue weighted by Gasteiger charge is -2.26. The molecule has 2 rings (SSSR count). The van der Waals surface area contributed by atoms with Crippen LogP contribution in [0.4, 0.5) is 0 Å². The van der Waals surface area contributed by atoms with Crippen molar-refractivity contribution < 1.29 is 18.3 Å². The molecule has 1 amide bonds. The summed E-state index contributed by atoms with van der Waals surface area (Å²) in [6.07, 6.45) is 5.03. The molecular weight excluding hydrogens is 266 g/mol. The van der Waals surface area contributed by atoms with Gasteiger partial charge >= 0.3 is 0 Å². The van der Waals surface area contributed by atoms with E-state index in [1.807, 2.05) is 0 Å². The second-order valence-corrected chi connectivity index (χ2v) is 8.34. The van der Waals surface area contributed by atoms with Gasteiger partial charge in [-0.15, -0.1) is 0 Å². The molecule has 5 nitrogen and oxygen atoms in total. The van der Waals surface area contributed by atoms with Crippen LogP contribution in [-0.2, 0) is 14.6 Å². The fraction of sp³-hybridized carbons (Fsp3) is 0.923. The normalized spacial score (nSPS) is 28.4. The third-order valence-corrected chi connectivity index (χ3v) is 6.30. The standard InChI is InChI=1S/C13H23NO4S/c15-10-13(4-1-2-5-13)9-14-12(16)7-11-3-6-19(17,18)8-11/h11,15H,1-10H2,(H,14,16). The van der Waals surface area contributed by atoms with E-state index in [4.69, 9.17) is 0 Å². The van der Waals surface area contributed by atoms with Crippen LogP contribution >= 0.6 is 0 Å². The van der Waals surface area contributed by atoms with Gasteiger partial charge in [0.25, 0.3) is 0 Å². The summed E-state index contributed by atoms with van der Waals surface area (Å²) < 4.78 is 22.6. The van der Waals surface area contributed by atoms with Gasteiger partial charge in [-0.05, 0) is 25.2 Å². The lowest BCUT2D eigenvalue weighted by molar-refractivity contribution is -0.122. The summed E-state index contributed by atoms with van der Waals surface area (Å²) in [7, 11) is -2.91. The minimum absolute atomic E-state index is 0.0290. The van der Waals surface area contributed by atoms with E-state index in [1.54, 1.807) is 0 Å². The Morgan fingerprint density at radius 1 is 1.32 bits per heavy atom. The Morgan fingerprint density at radius 2 is 2.00 bits per heavy atom. The van der Waals surface area contributed by atoms with Crippen LogP contribution in [0.3, 0.4) is 0 Å². The third-order valence-electron chi connectivity index (χ3n) is 4.46. The second kappa shape index (κ2) is 5.79. The Bertz CT molecular complexity index is 426. The first-order valence-corrected chi connectivity index (χ1v) is 8.85. The highest BCUT2D eigenvalue weighted by Crippen LogP contribution is 2.36. The van der Waals surface area contributed by atoms with E-state index in [-0.39, 0.29) is 35.4 Å². The van der Waals surface area contributed by atoms with Crippen LogP contribution in [0.2, 0.25) is 0 Å². The van der Waals surface area contributed by atoms with E-state index < -0.39 is 9.84 Å². The van der Waals surface area contributed by atoms with Gasteiger partial charge in [-0.1, -0.05) is 12.8 Å². The highest BCUT2D eigenvalue weighted by molar-refractivity contribution is 7.91. The predicted molar refractivity (Wildman–Crippen MR) is 72.4 cm³/mol.